The molecule has 0 amide bonds. The van der Waals surface area contributed by atoms with Gasteiger partial charge in [-0.05, 0) is 43.4 Å². The number of carboxylic acid groups (broad SMARTS) is 1. The lowest BCUT2D eigenvalue weighted by atomic mass is 9.84. The molecular weight excluding hydrogens is 240 g/mol. The Morgan fingerprint density at radius 1 is 1.37 bits per heavy atom. The van der Waals surface area contributed by atoms with Gasteiger partial charge in [-0.1, -0.05) is 12.8 Å². The summed E-state index contributed by atoms with van der Waals surface area (Å²) in [6.07, 6.45) is 8.44. The molecule has 3 rings (SSSR count). The number of carbonyl (C=O) groups is 1. The standard InChI is InChI=1S/C15H22N2O2/c16-8-7-15(5-6-15)10-17-12-4-2-1-3-11(12)9-13(17)14(18)19/h11-13H,1-7,9-10H2,(H,18,19). The van der Waals surface area contributed by atoms with Gasteiger partial charge >= 0.3 is 5.97 Å². The lowest BCUT2D eigenvalue weighted by Crippen LogP contribution is -2.45. The normalized spacial score (nSPS) is 36.5. The first-order valence-electron chi connectivity index (χ1n) is 7.51. The van der Waals surface area contributed by atoms with Crippen molar-refractivity contribution < 1.29 is 9.90 Å². The predicted octanol–water partition coefficient (Wildman–Crippen LogP) is 2.40. The lowest BCUT2D eigenvalue weighted by Gasteiger charge is -2.35. The van der Waals surface area contributed by atoms with Crippen LogP contribution in [0.3, 0.4) is 0 Å². The summed E-state index contributed by atoms with van der Waals surface area (Å²) in [6, 6.07) is 2.45. The molecule has 3 fully saturated rings. The van der Waals surface area contributed by atoms with E-state index in [9.17, 15) is 9.90 Å². The Labute approximate surface area is 114 Å². The molecule has 1 heterocycles. The quantitative estimate of drug-likeness (QED) is 0.845. The minimum absolute atomic E-state index is 0.120. The smallest absolute Gasteiger partial charge is 0.320 e. The summed E-state index contributed by atoms with van der Waals surface area (Å²) in [5.41, 5.74) is 0.120. The highest BCUT2D eigenvalue weighted by Gasteiger charge is 2.51. The molecule has 0 bridgehead atoms. The fraction of sp³-hybridized carbons (Fsp3) is 0.867. The Morgan fingerprint density at radius 2 is 2.11 bits per heavy atom. The van der Waals surface area contributed by atoms with E-state index in [0.29, 0.717) is 18.4 Å². The monoisotopic (exact) mass is 262 g/mol. The number of rotatable bonds is 4. The summed E-state index contributed by atoms with van der Waals surface area (Å²) in [6.45, 7) is 0.832. The Balaban J connectivity index is 1.76. The van der Waals surface area contributed by atoms with Crippen LogP contribution in [0.5, 0.6) is 0 Å². The fourth-order valence-electron chi connectivity index (χ4n) is 4.15. The van der Waals surface area contributed by atoms with Crippen LogP contribution in [0.1, 0.15) is 51.4 Å². The van der Waals surface area contributed by atoms with Gasteiger partial charge in [0.1, 0.15) is 6.04 Å². The molecule has 19 heavy (non-hydrogen) atoms. The molecule has 3 aliphatic rings. The van der Waals surface area contributed by atoms with Crippen molar-refractivity contribution in [2.24, 2.45) is 11.3 Å². The molecule has 3 unspecified atom stereocenters. The second-order valence-corrected chi connectivity index (χ2v) is 6.71. The number of hydrogen-bond acceptors (Lipinski definition) is 3. The molecule has 0 radical (unpaired) electrons. The van der Waals surface area contributed by atoms with Crippen molar-refractivity contribution in [1.29, 1.82) is 5.26 Å². The van der Waals surface area contributed by atoms with Crippen molar-refractivity contribution in [3.05, 3.63) is 0 Å². The van der Waals surface area contributed by atoms with Crippen molar-refractivity contribution in [2.75, 3.05) is 6.54 Å². The predicted molar refractivity (Wildman–Crippen MR) is 70.4 cm³/mol. The fourth-order valence-corrected chi connectivity index (χ4v) is 4.15. The second kappa shape index (κ2) is 4.79. The van der Waals surface area contributed by atoms with E-state index >= 15 is 0 Å². The number of nitriles is 1. The summed E-state index contributed by atoms with van der Waals surface area (Å²) in [5.74, 6) is -0.0881. The molecule has 0 aromatic rings. The van der Waals surface area contributed by atoms with Gasteiger partial charge in [-0.25, -0.2) is 0 Å². The summed E-state index contributed by atoms with van der Waals surface area (Å²) in [5, 5.41) is 18.4. The minimum Gasteiger partial charge on any atom is -0.480 e. The van der Waals surface area contributed by atoms with E-state index in [4.69, 9.17) is 5.26 Å². The molecule has 2 saturated carbocycles. The molecule has 1 N–H and O–H groups in total. The summed E-state index contributed by atoms with van der Waals surface area (Å²) in [4.78, 5) is 13.8. The third-order valence-electron chi connectivity index (χ3n) is 5.44. The van der Waals surface area contributed by atoms with Gasteiger partial charge < -0.3 is 5.11 Å². The first-order valence-corrected chi connectivity index (χ1v) is 7.51. The molecule has 104 valence electrons. The van der Waals surface area contributed by atoms with Crippen molar-refractivity contribution in [3.63, 3.8) is 0 Å². The van der Waals surface area contributed by atoms with E-state index in [1.54, 1.807) is 0 Å². The number of aliphatic carboxylic acids is 1. The first-order chi connectivity index (χ1) is 9.15. The van der Waals surface area contributed by atoms with Crippen LogP contribution in [0.25, 0.3) is 0 Å². The van der Waals surface area contributed by atoms with Crippen molar-refractivity contribution in [1.82, 2.24) is 4.90 Å². The second-order valence-electron chi connectivity index (χ2n) is 6.71. The highest BCUT2D eigenvalue weighted by molar-refractivity contribution is 5.74. The number of carboxylic acids is 1. The number of likely N-dealkylation sites (tertiary alicyclic amines) is 1. The SMILES string of the molecule is N#CCC1(CN2C(C(=O)O)CC3CCCCC32)CC1. The topological polar surface area (TPSA) is 64.3 Å². The van der Waals surface area contributed by atoms with Crippen LogP contribution in [-0.4, -0.2) is 34.6 Å². The maximum absolute atomic E-state index is 11.5. The zero-order valence-electron chi connectivity index (χ0n) is 11.3. The number of hydrogen-bond donors (Lipinski definition) is 1. The molecule has 4 heteroatoms. The zero-order chi connectivity index (χ0) is 13.5. The Bertz CT molecular complexity index is 411. The van der Waals surface area contributed by atoms with Crippen LogP contribution in [-0.2, 0) is 4.79 Å². The van der Waals surface area contributed by atoms with E-state index in [2.05, 4.69) is 11.0 Å². The van der Waals surface area contributed by atoms with Crippen LogP contribution in [0.15, 0.2) is 0 Å². The van der Waals surface area contributed by atoms with Gasteiger partial charge in [0.05, 0.1) is 6.07 Å². The van der Waals surface area contributed by atoms with Crippen LogP contribution in [0.2, 0.25) is 0 Å². The Kier molecular flexibility index (Phi) is 3.26. The third kappa shape index (κ3) is 2.36. The highest BCUT2D eigenvalue weighted by Crippen LogP contribution is 2.52. The van der Waals surface area contributed by atoms with Gasteiger partial charge in [-0.3, -0.25) is 9.69 Å². The third-order valence-corrected chi connectivity index (χ3v) is 5.44. The largest absolute Gasteiger partial charge is 0.480 e. The Hall–Kier alpha value is -1.08. The molecule has 1 saturated heterocycles. The van der Waals surface area contributed by atoms with Gasteiger partial charge in [0, 0.05) is 19.0 Å². The van der Waals surface area contributed by atoms with Gasteiger partial charge in [0.2, 0.25) is 0 Å². The number of fused-ring (bicyclic) bond motifs is 1. The first kappa shape index (κ1) is 12.9. The molecule has 0 aromatic carbocycles. The van der Waals surface area contributed by atoms with Crippen molar-refractivity contribution in [2.45, 2.75) is 63.5 Å². The molecule has 3 atom stereocenters. The van der Waals surface area contributed by atoms with Crippen LogP contribution in [0, 0.1) is 22.7 Å². The van der Waals surface area contributed by atoms with Crippen LogP contribution < -0.4 is 0 Å². The van der Waals surface area contributed by atoms with Crippen LogP contribution in [0.4, 0.5) is 0 Å². The minimum atomic E-state index is -0.665. The van der Waals surface area contributed by atoms with E-state index in [-0.39, 0.29) is 11.5 Å². The summed E-state index contributed by atoms with van der Waals surface area (Å²) < 4.78 is 0. The number of nitrogens with zero attached hydrogens (tertiary/aromatic N) is 2. The molecule has 0 aromatic heterocycles. The summed E-state index contributed by atoms with van der Waals surface area (Å²) >= 11 is 0. The van der Waals surface area contributed by atoms with E-state index in [1.807, 2.05) is 0 Å². The maximum atomic E-state index is 11.5. The molecule has 0 spiro atoms. The van der Waals surface area contributed by atoms with Gasteiger partial charge in [-0.15, -0.1) is 0 Å². The van der Waals surface area contributed by atoms with E-state index in [0.717, 1.165) is 32.2 Å². The van der Waals surface area contributed by atoms with E-state index < -0.39 is 5.97 Å². The zero-order valence-corrected chi connectivity index (χ0v) is 11.3. The summed E-state index contributed by atoms with van der Waals surface area (Å²) in [7, 11) is 0. The molecular formula is C15H22N2O2. The molecule has 4 nitrogen and oxygen atoms in total. The molecule has 1 aliphatic heterocycles. The Morgan fingerprint density at radius 3 is 2.74 bits per heavy atom. The highest BCUT2D eigenvalue weighted by atomic mass is 16.4. The average molecular weight is 262 g/mol. The van der Waals surface area contributed by atoms with Crippen molar-refractivity contribution in [3.8, 4) is 6.07 Å². The van der Waals surface area contributed by atoms with Gasteiger partial charge in [0.25, 0.3) is 0 Å². The van der Waals surface area contributed by atoms with E-state index in [1.165, 1.54) is 19.3 Å². The average Bonchev–Trinajstić information content (AvgIpc) is 3.04. The van der Waals surface area contributed by atoms with Crippen molar-refractivity contribution >= 4 is 5.97 Å². The van der Waals surface area contributed by atoms with Gasteiger partial charge in [0.15, 0.2) is 0 Å². The lowest BCUT2D eigenvalue weighted by molar-refractivity contribution is -0.143. The maximum Gasteiger partial charge on any atom is 0.320 e. The van der Waals surface area contributed by atoms with Crippen LogP contribution >= 0.6 is 0 Å². The molecule has 2 aliphatic carbocycles. The van der Waals surface area contributed by atoms with Gasteiger partial charge in [-0.2, -0.15) is 5.26 Å².